The van der Waals surface area contributed by atoms with Crippen molar-refractivity contribution in [3.63, 3.8) is 0 Å². The molecule has 1 aliphatic carbocycles. The van der Waals surface area contributed by atoms with Gasteiger partial charge in [0, 0.05) is 23.5 Å². The molecule has 0 unspecified atom stereocenters. The van der Waals surface area contributed by atoms with Gasteiger partial charge in [-0.25, -0.2) is 0 Å². The van der Waals surface area contributed by atoms with Crippen LogP contribution in [0.1, 0.15) is 24.0 Å². The van der Waals surface area contributed by atoms with Gasteiger partial charge in [-0.2, -0.15) is 0 Å². The van der Waals surface area contributed by atoms with Crippen molar-refractivity contribution >= 4 is 11.6 Å². The molecule has 0 atom stereocenters. The third-order valence-electron chi connectivity index (χ3n) is 3.67. The van der Waals surface area contributed by atoms with E-state index in [0.29, 0.717) is 5.41 Å². The van der Waals surface area contributed by atoms with E-state index < -0.39 is 0 Å². The number of benzene rings is 1. The molecule has 0 aromatic heterocycles. The number of hydrogen-bond acceptors (Lipinski definition) is 1. The number of halogens is 1. The summed E-state index contributed by atoms with van der Waals surface area (Å²) in [6.07, 6.45) is 3.89. The monoisotopic (exact) mass is 207 g/mol. The Labute approximate surface area is 89.5 Å². The first-order chi connectivity index (χ1) is 6.80. The molecule has 1 N–H and O–H groups in total. The van der Waals surface area contributed by atoms with Crippen LogP contribution in [-0.4, -0.2) is 13.1 Å². The first kappa shape index (κ1) is 8.75. The third-order valence-corrected chi connectivity index (χ3v) is 3.91. The molecule has 1 aromatic carbocycles. The minimum atomic E-state index is 0.429. The Bertz CT molecular complexity index is 369. The van der Waals surface area contributed by atoms with Gasteiger partial charge in [0.2, 0.25) is 0 Å². The molecule has 74 valence electrons. The van der Waals surface area contributed by atoms with E-state index in [0.717, 1.165) is 18.1 Å². The van der Waals surface area contributed by atoms with E-state index in [9.17, 15) is 0 Å². The molecule has 2 aliphatic rings. The lowest BCUT2D eigenvalue weighted by atomic mass is 9.66. The number of aryl methyl sites for hydroxylation is 1. The maximum absolute atomic E-state index is 6.06. The molecule has 0 radical (unpaired) electrons. The molecule has 1 aliphatic heterocycles. The molecule has 1 spiro atoms. The van der Waals surface area contributed by atoms with Crippen LogP contribution in [0.2, 0.25) is 5.02 Å². The SMILES string of the molecule is Clc1ccc2c(c1)C1(CCC2)CNC1. The van der Waals surface area contributed by atoms with Crippen LogP contribution < -0.4 is 5.32 Å². The fourth-order valence-electron chi connectivity index (χ4n) is 2.81. The summed E-state index contributed by atoms with van der Waals surface area (Å²) in [4.78, 5) is 0. The lowest BCUT2D eigenvalue weighted by Gasteiger charge is -2.47. The van der Waals surface area contributed by atoms with Gasteiger partial charge in [-0.3, -0.25) is 0 Å². The first-order valence-corrected chi connectivity index (χ1v) is 5.68. The fourth-order valence-corrected chi connectivity index (χ4v) is 2.98. The second-order valence-electron chi connectivity index (χ2n) is 4.54. The van der Waals surface area contributed by atoms with Crippen molar-refractivity contribution in [1.82, 2.24) is 5.32 Å². The average molecular weight is 208 g/mol. The summed E-state index contributed by atoms with van der Waals surface area (Å²) >= 11 is 6.06. The van der Waals surface area contributed by atoms with Gasteiger partial charge in [-0.1, -0.05) is 17.7 Å². The molecular formula is C12H14ClN. The van der Waals surface area contributed by atoms with Crippen LogP contribution in [-0.2, 0) is 11.8 Å². The second kappa shape index (κ2) is 2.98. The van der Waals surface area contributed by atoms with Crippen molar-refractivity contribution in [2.45, 2.75) is 24.7 Å². The smallest absolute Gasteiger partial charge is 0.0409 e. The summed E-state index contributed by atoms with van der Waals surface area (Å²) < 4.78 is 0. The van der Waals surface area contributed by atoms with Gasteiger partial charge in [0.25, 0.3) is 0 Å². The zero-order valence-corrected chi connectivity index (χ0v) is 8.90. The predicted molar refractivity (Wildman–Crippen MR) is 58.9 cm³/mol. The van der Waals surface area contributed by atoms with Crippen LogP contribution in [0.4, 0.5) is 0 Å². The molecule has 14 heavy (non-hydrogen) atoms. The van der Waals surface area contributed by atoms with Crippen molar-refractivity contribution < 1.29 is 0 Å². The number of fused-ring (bicyclic) bond motifs is 2. The second-order valence-corrected chi connectivity index (χ2v) is 4.98. The largest absolute Gasteiger partial charge is 0.315 e. The van der Waals surface area contributed by atoms with E-state index in [1.165, 1.54) is 30.4 Å². The van der Waals surface area contributed by atoms with Gasteiger partial charge < -0.3 is 5.32 Å². The summed E-state index contributed by atoms with van der Waals surface area (Å²) in [6, 6.07) is 6.40. The van der Waals surface area contributed by atoms with E-state index in [1.54, 1.807) is 0 Å². The van der Waals surface area contributed by atoms with Crippen LogP contribution >= 0.6 is 11.6 Å². The molecular weight excluding hydrogens is 194 g/mol. The van der Waals surface area contributed by atoms with E-state index >= 15 is 0 Å². The van der Waals surface area contributed by atoms with Crippen LogP contribution in [0, 0.1) is 0 Å². The molecule has 1 saturated heterocycles. The van der Waals surface area contributed by atoms with Crippen LogP contribution in [0.3, 0.4) is 0 Å². The molecule has 1 heterocycles. The van der Waals surface area contributed by atoms with Crippen molar-refractivity contribution in [2.24, 2.45) is 0 Å². The molecule has 2 heteroatoms. The highest BCUT2D eigenvalue weighted by molar-refractivity contribution is 6.30. The van der Waals surface area contributed by atoms with Gasteiger partial charge in [-0.05, 0) is 42.5 Å². The van der Waals surface area contributed by atoms with Gasteiger partial charge in [0.15, 0.2) is 0 Å². The molecule has 1 fully saturated rings. The highest BCUT2D eigenvalue weighted by Gasteiger charge is 2.41. The van der Waals surface area contributed by atoms with Crippen molar-refractivity contribution in [2.75, 3.05) is 13.1 Å². The Balaban J connectivity index is 2.12. The Morgan fingerprint density at radius 3 is 2.86 bits per heavy atom. The van der Waals surface area contributed by atoms with Crippen molar-refractivity contribution in [3.8, 4) is 0 Å². The number of rotatable bonds is 0. The first-order valence-electron chi connectivity index (χ1n) is 5.30. The van der Waals surface area contributed by atoms with Crippen LogP contribution in [0.25, 0.3) is 0 Å². The minimum absolute atomic E-state index is 0.429. The van der Waals surface area contributed by atoms with Crippen LogP contribution in [0.15, 0.2) is 18.2 Å². The fraction of sp³-hybridized carbons (Fsp3) is 0.500. The Kier molecular flexibility index (Phi) is 1.86. The Morgan fingerprint density at radius 1 is 1.29 bits per heavy atom. The van der Waals surface area contributed by atoms with Crippen molar-refractivity contribution in [1.29, 1.82) is 0 Å². The topological polar surface area (TPSA) is 12.0 Å². The van der Waals surface area contributed by atoms with E-state index in [2.05, 4.69) is 17.4 Å². The minimum Gasteiger partial charge on any atom is -0.315 e. The lowest BCUT2D eigenvalue weighted by Crippen LogP contribution is -2.58. The molecule has 1 nitrogen and oxygen atoms in total. The Morgan fingerprint density at radius 2 is 2.14 bits per heavy atom. The Hall–Kier alpha value is -0.530. The molecule has 1 aromatic rings. The third kappa shape index (κ3) is 1.12. The predicted octanol–water partition coefficient (Wildman–Crippen LogP) is 2.52. The van der Waals surface area contributed by atoms with Crippen LogP contribution in [0.5, 0.6) is 0 Å². The van der Waals surface area contributed by atoms with Gasteiger partial charge in [0.1, 0.15) is 0 Å². The van der Waals surface area contributed by atoms with Gasteiger partial charge >= 0.3 is 0 Å². The van der Waals surface area contributed by atoms with Gasteiger partial charge in [0.05, 0.1) is 0 Å². The van der Waals surface area contributed by atoms with Gasteiger partial charge in [-0.15, -0.1) is 0 Å². The standard InChI is InChI=1S/C12H14ClN/c13-10-4-3-9-2-1-5-12(7-14-8-12)11(9)6-10/h3-4,6,14H,1-2,5,7-8H2. The molecule has 0 amide bonds. The normalized spacial score (nSPS) is 22.9. The number of hydrogen-bond donors (Lipinski definition) is 1. The maximum Gasteiger partial charge on any atom is 0.0409 e. The van der Waals surface area contributed by atoms with E-state index in [4.69, 9.17) is 11.6 Å². The summed E-state index contributed by atoms with van der Waals surface area (Å²) in [7, 11) is 0. The summed E-state index contributed by atoms with van der Waals surface area (Å²) in [5, 5.41) is 4.27. The van der Waals surface area contributed by atoms with E-state index in [-0.39, 0.29) is 0 Å². The molecule has 0 bridgehead atoms. The van der Waals surface area contributed by atoms with E-state index in [1.807, 2.05) is 6.07 Å². The average Bonchev–Trinajstić information content (AvgIpc) is 2.14. The lowest BCUT2D eigenvalue weighted by molar-refractivity contribution is 0.239. The zero-order valence-electron chi connectivity index (χ0n) is 8.15. The summed E-state index contributed by atoms with van der Waals surface area (Å²) in [5.74, 6) is 0. The maximum atomic E-state index is 6.06. The quantitative estimate of drug-likeness (QED) is 0.690. The highest BCUT2D eigenvalue weighted by Crippen LogP contribution is 2.41. The van der Waals surface area contributed by atoms with Crippen molar-refractivity contribution in [3.05, 3.63) is 34.3 Å². The zero-order chi connectivity index (χ0) is 9.60. The number of nitrogens with one attached hydrogen (secondary N) is 1. The summed E-state index contributed by atoms with van der Waals surface area (Å²) in [5.41, 5.74) is 3.45. The summed E-state index contributed by atoms with van der Waals surface area (Å²) in [6.45, 7) is 2.28. The highest BCUT2D eigenvalue weighted by atomic mass is 35.5. The molecule has 0 saturated carbocycles. The molecule has 3 rings (SSSR count).